The molecular weight excluding hydrogens is 340 g/mol. The van der Waals surface area contributed by atoms with Crippen LogP contribution in [0.1, 0.15) is 16.7 Å². The summed E-state index contributed by atoms with van der Waals surface area (Å²) in [5.74, 6) is 2.94. The maximum absolute atomic E-state index is 5.16. The van der Waals surface area contributed by atoms with Crippen LogP contribution >= 0.6 is 33.3 Å². The topological polar surface area (TPSA) is 9.23 Å². The highest BCUT2D eigenvalue weighted by Crippen LogP contribution is 2.28. The first-order valence-electron chi connectivity index (χ1n) is 7.45. The molecule has 2 aromatic carbocycles. The molecule has 1 nitrogen and oxygen atoms in total. The molecule has 4 heteroatoms. The lowest BCUT2D eigenvalue weighted by Gasteiger charge is -2.03. The molecule has 0 atom stereocenters. The molecule has 0 aliphatic heterocycles. The van der Waals surface area contributed by atoms with Gasteiger partial charge in [0.05, 0.1) is 7.11 Å². The molecule has 0 amide bonds. The van der Waals surface area contributed by atoms with E-state index in [4.69, 9.17) is 4.74 Å². The molecule has 122 valence electrons. The highest BCUT2D eigenvalue weighted by atomic mass is 33.1. The van der Waals surface area contributed by atoms with Crippen molar-refractivity contribution < 1.29 is 4.74 Å². The van der Waals surface area contributed by atoms with Gasteiger partial charge in [-0.3, -0.25) is 0 Å². The summed E-state index contributed by atoms with van der Waals surface area (Å²) in [6, 6.07) is 14.9. The van der Waals surface area contributed by atoms with E-state index in [1.54, 1.807) is 17.9 Å². The first-order valence-corrected chi connectivity index (χ1v) is 10.8. The van der Waals surface area contributed by atoms with Crippen molar-refractivity contribution in [2.24, 2.45) is 0 Å². The average molecular weight is 363 g/mol. The normalized spacial score (nSPS) is 11.1. The number of benzene rings is 2. The summed E-state index contributed by atoms with van der Waals surface area (Å²) in [4.78, 5) is 1.27. The Labute approximate surface area is 151 Å². The van der Waals surface area contributed by atoms with Crippen LogP contribution in [0.25, 0.3) is 0 Å². The molecule has 0 aromatic heterocycles. The van der Waals surface area contributed by atoms with Crippen molar-refractivity contribution in [3.8, 4) is 5.75 Å². The third-order valence-corrected chi connectivity index (χ3v) is 6.37. The zero-order valence-corrected chi connectivity index (χ0v) is 16.2. The lowest BCUT2D eigenvalue weighted by Crippen LogP contribution is -1.84. The molecule has 0 heterocycles. The Balaban J connectivity index is 1.63. The summed E-state index contributed by atoms with van der Waals surface area (Å²) >= 11 is 1.83. The third-order valence-electron chi connectivity index (χ3n) is 3.42. The molecule has 0 fully saturated rings. The number of methoxy groups -OCH3 is 1. The van der Waals surface area contributed by atoms with Gasteiger partial charge in [0.15, 0.2) is 0 Å². The van der Waals surface area contributed by atoms with Gasteiger partial charge in [0.25, 0.3) is 0 Å². The molecule has 0 spiro atoms. The fourth-order valence-electron chi connectivity index (χ4n) is 1.93. The van der Waals surface area contributed by atoms with E-state index in [1.165, 1.54) is 21.6 Å². The molecule has 0 saturated carbocycles. The van der Waals surface area contributed by atoms with Gasteiger partial charge in [-0.15, -0.1) is 11.8 Å². The summed E-state index contributed by atoms with van der Waals surface area (Å²) in [6.07, 6.45) is 2.22. The van der Waals surface area contributed by atoms with Crippen molar-refractivity contribution in [1.82, 2.24) is 0 Å². The first-order chi connectivity index (χ1) is 11.2. The van der Waals surface area contributed by atoms with Crippen molar-refractivity contribution >= 4 is 33.3 Å². The van der Waals surface area contributed by atoms with Crippen LogP contribution in [0.2, 0.25) is 0 Å². The zero-order valence-electron chi connectivity index (χ0n) is 13.7. The van der Waals surface area contributed by atoms with Crippen molar-refractivity contribution in [3.05, 3.63) is 70.6 Å². The van der Waals surface area contributed by atoms with Gasteiger partial charge in [-0.1, -0.05) is 45.9 Å². The summed E-state index contributed by atoms with van der Waals surface area (Å²) in [5, 5.41) is 2.18. The van der Waals surface area contributed by atoms with Gasteiger partial charge in [-0.05, 0) is 60.2 Å². The Bertz CT molecular complexity index is 636. The molecule has 0 aliphatic rings. The second kappa shape index (κ2) is 10.0. The third kappa shape index (κ3) is 6.58. The Morgan fingerprint density at radius 2 is 1.78 bits per heavy atom. The standard InChI is InChI=1S/C19H22OS3/c1-15-5-6-17(13-16(15)2)14-23-22-12-4-11-21-19-9-7-18(20-3)8-10-19/h4-10,12-13H,11,14H2,1-3H3/b12-4+. The Hall–Kier alpha value is -0.970. The number of hydrogen-bond donors (Lipinski definition) is 0. The quantitative estimate of drug-likeness (QED) is 0.301. The summed E-state index contributed by atoms with van der Waals surface area (Å²) in [7, 11) is 5.37. The molecular formula is C19H22OS3. The van der Waals surface area contributed by atoms with E-state index in [0.717, 1.165) is 17.3 Å². The SMILES string of the molecule is COc1ccc(SC/C=C/SSCc2ccc(C)c(C)c2)cc1. The molecule has 0 saturated heterocycles. The van der Waals surface area contributed by atoms with Crippen molar-refractivity contribution in [3.63, 3.8) is 0 Å². The van der Waals surface area contributed by atoms with Crippen LogP contribution in [0, 0.1) is 13.8 Å². The van der Waals surface area contributed by atoms with Gasteiger partial charge in [0, 0.05) is 16.4 Å². The molecule has 0 bridgehead atoms. The minimum Gasteiger partial charge on any atom is -0.497 e. The number of hydrogen-bond acceptors (Lipinski definition) is 4. The smallest absolute Gasteiger partial charge is 0.118 e. The largest absolute Gasteiger partial charge is 0.497 e. The van der Waals surface area contributed by atoms with E-state index in [1.807, 2.05) is 34.7 Å². The predicted octanol–water partition coefficient (Wildman–Crippen LogP) is 6.50. The Kier molecular flexibility index (Phi) is 8.00. The molecule has 0 radical (unpaired) electrons. The van der Waals surface area contributed by atoms with Gasteiger partial charge in [-0.25, -0.2) is 0 Å². The number of aryl methyl sites for hydroxylation is 2. The molecule has 0 aliphatic carbocycles. The number of ether oxygens (including phenoxy) is 1. The lowest BCUT2D eigenvalue weighted by molar-refractivity contribution is 0.414. The number of rotatable bonds is 8. The van der Waals surface area contributed by atoms with E-state index in [0.29, 0.717) is 0 Å². The fourth-order valence-corrected chi connectivity index (χ4v) is 4.49. The van der Waals surface area contributed by atoms with Gasteiger partial charge in [0.2, 0.25) is 0 Å². The van der Waals surface area contributed by atoms with Crippen LogP contribution in [-0.2, 0) is 5.75 Å². The Morgan fingerprint density at radius 1 is 1.00 bits per heavy atom. The Morgan fingerprint density at radius 3 is 2.48 bits per heavy atom. The molecule has 2 aromatic rings. The second-order valence-electron chi connectivity index (χ2n) is 5.14. The first kappa shape index (κ1) is 18.4. The van der Waals surface area contributed by atoms with Gasteiger partial charge in [-0.2, -0.15) is 0 Å². The molecule has 0 N–H and O–H groups in total. The van der Waals surface area contributed by atoms with Crippen molar-refractivity contribution in [2.75, 3.05) is 12.9 Å². The van der Waals surface area contributed by atoms with E-state index < -0.39 is 0 Å². The van der Waals surface area contributed by atoms with Crippen molar-refractivity contribution in [2.45, 2.75) is 24.5 Å². The average Bonchev–Trinajstić information content (AvgIpc) is 2.57. The van der Waals surface area contributed by atoms with Crippen LogP contribution in [0.4, 0.5) is 0 Å². The maximum Gasteiger partial charge on any atom is 0.118 e. The van der Waals surface area contributed by atoms with Crippen LogP contribution < -0.4 is 4.74 Å². The van der Waals surface area contributed by atoms with E-state index in [9.17, 15) is 0 Å². The van der Waals surface area contributed by atoms with E-state index in [-0.39, 0.29) is 0 Å². The highest BCUT2D eigenvalue weighted by molar-refractivity contribution is 8.77. The van der Waals surface area contributed by atoms with Crippen LogP contribution in [0.15, 0.2) is 58.8 Å². The summed E-state index contributed by atoms with van der Waals surface area (Å²) in [5.41, 5.74) is 4.13. The molecule has 0 unspecified atom stereocenters. The van der Waals surface area contributed by atoms with Gasteiger partial charge < -0.3 is 4.74 Å². The monoisotopic (exact) mass is 362 g/mol. The van der Waals surface area contributed by atoms with Crippen LogP contribution in [-0.4, -0.2) is 12.9 Å². The lowest BCUT2D eigenvalue weighted by atomic mass is 10.1. The second-order valence-corrected chi connectivity index (χ2v) is 8.50. The summed E-state index contributed by atoms with van der Waals surface area (Å²) in [6.45, 7) is 4.33. The minimum absolute atomic E-state index is 0.906. The van der Waals surface area contributed by atoms with Gasteiger partial charge >= 0.3 is 0 Å². The minimum atomic E-state index is 0.906. The molecule has 2 rings (SSSR count). The van der Waals surface area contributed by atoms with E-state index in [2.05, 4.69) is 55.7 Å². The number of thioether (sulfide) groups is 1. The van der Waals surface area contributed by atoms with Gasteiger partial charge in [0.1, 0.15) is 5.75 Å². The zero-order chi connectivity index (χ0) is 16.5. The summed E-state index contributed by atoms with van der Waals surface area (Å²) < 4.78 is 5.16. The fraction of sp³-hybridized carbons (Fsp3) is 0.263. The van der Waals surface area contributed by atoms with Crippen LogP contribution in [0.5, 0.6) is 5.75 Å². The predicted molar refractivity (Wildman–Crippen MR) is 108 cm³/mol. The molecule has 23 heavy (non-hydrogen) atoms. The maximum atomic E-state index is 5.16. The van der Waals surface area contributed by atoms with Crippen molar-refractivity contribution in [1.29, 1.82) is 0 Å². The van der Waals surface area contributed by atoms with E-state index >= 15 is 0 Å². The highest BCUT2D eigenvalue weighted by Gasteiger charge is 1.97. The van der Waals surface area contributed by atoms with Crippen LogP contribution in [0.3, 0.4) is 0 Å².